The van der Waals surface area contributed by atoms with Gasteiger partial charge in [0.15, 0.2) is 0 Å². The number of carbonyl (C=O) groups is 1. The summed E-state index contributed by atoms with van der Waals surface area (Å²) in [5.41, 5.74) is 2.58. The molecule has 0 aliphatic rings. The van der Waals surface area contributed by atoms with Gasteiger partial charge in [-0.1, -0.05) is 24.6 Å². The van der Waals surface area contributed by atoms with Crippen LogP contribution in [0.15, 0.2) is 41.3 Å². The van der Waals surface area contributed by atoms with E-state index in [4.69, 9.17) is 11.6 Å². The highest BCUT2D eigenvalue weighted by molar-refractivity contribution is 7.92. The van der Waals surface area contributed by atoms with Crippen molar-refractivity contribution in [2.75, 3.05) is 11.3 Å². The molecule has 0 heterocycles. The van der Waals surface area contributed by atoms with Gasteiger partial charge in [-0.15, -0.1) is 0 Å². The number of aryl methyl sites for hydroxylation is 2. The molecule has 0 bridgehead atoms. The van der Waals surface area contributed by atoms with Crippen molar-refractivity contribution in [3.05, 3.63) is 58.1 Å². The Morgan fingerprint density at radius 3 is 2.32 bits per heavy atom. The second-order valence-corrected chi connectivity index (χ2v) is 7.94. The molecule has 0 fully saturated rings. The van der Waals surface area contributed by atoms with Gasteiger partial charge in [-0.05, 0) is 61.7 Å². The van der Waals surface area contributed by atoms with Crippen molar-refractivity contribution in [3.8, 4) is 0 Å². The van der Waals surface area contributed by atoms with E-state index in [1.165, 1.54) is 18.2 Å². The first-order chi connectivity index (χ1) is 11.7. The summed E-state index contributed by atoms with van der Waals surface area (Å²) in [5, 5.41) is 2.77. The van der Waals surface area contributed by atoms with Crippen LogP contribution >= 0.6 is 11.6 Å². The third-order valence-corrected chi connectivity index (χ3v) is 5.36. The van der Waals surface area contributed by atoms with E-state index in [9.17, 15) is 13.2 Å². The summed E-state index contributed by atoms with van der Waals surface area (Å²) in [6.07, 6.45) is 0.790. The largest absolute Gasteiger partial charge is 0.352 e. The van der Waals surface area contributed by atoms with Crippen LogP contribution in [0.1, 0.15) is 34.8 Å². The van der Waals surface area contributed by atoms with Gasteiger partial charge in [-0.2, -0.15) is 0 Å². The van der Waals surface area contributed by atoms with Crippen molar-refractivity contribution in [1.82, 2.24) is 5.32 Å². The molecule has 1 amide bonds. The van der Waals surface area contributed by atoms with E-state index in [1.807, 2.05) is 26.8 Å². The van der Waals surface area contributed by atoms with E-state index in [0.717, 1.165) is 17.5 Å². The number of carbonyl (C=O) groups excluding carboxylic acids is 1. The Labute approximate surface area is 153 Å². The third-order valence-electron chi connectivity index (χ3n) is 3.49. The number of hydrogen-bond donors (Lipinski definition) is 2. The van der Waals surface area contributed by atoms with E-state index in [0.29, 0.717) is 12.2 Å². The molecular weight excluding hydrogens is 360 g/mol. The summed E-state index contributed by atoms with van der Waals surface area (Å²) in [4.78, 5) is 11.9. The highest BCUT2D eigenvalue weighted by Crippen LogP contribution is 2.26. The Kier molecular flexibility index (Phi) is 6.08. The van der Waals surface area contributed by atoms with E-state index >= 15 is 0 Å². The summed E-state index contributed by atoms with van der Waals surface area (Å²) in [7, 11) is -3.92. The molecule has 134 valence electrons. The monoisotopic (exact) mass is 380 g/mol. The number of amides is 1. The lowest BCUT2D eigenvalue weighted by Crippen LogP contribution is -2.24. The molecule has 2 rings (SSSR count). The molecule has 7 heteroatoms. The van der Waals surface area contributed by atoms with Crippen LogP contribution in [-0.2, 0) is 10.0 Å². The summed E-state index contributed by atoms with van der Waals surface area (Å²) in [6, 6.07) is 9.62. The average molecular weight is 381 g/mol. The van der Waals surface area contributed by atoms with Gasteiger partial charge in [0.1, 0.15) is 4.90 Å². The van der Waals surface area contributed by atoms with Gasteiger partial charge in [-0.3, -0.25) is 9.52 Å². The molecule has 0 saturated heterocycles. The fraction of sp³-hybridized carbons (Fsp3) is 0.278. The van der Waals surface area contributed by atoms with Crippen LogP contribution in [0.5, 0.6) is 0 Å². The van der Waals surface area contributed by atoms with Crippen molar-refractivity contribution in [3.63, 3.8) is 0 Å². The Bertz CT molecular complexity index is 875. The molecule has 0 spiro atoms. The second kappa shape index (κ2) is 7.89. The van der Waals surface area contributed by atoms with Gasteiger partial charge in [0.25, 0.3) is 15.9 Å². The zero-order valence-electron chi connectivity index (χ0n) is 14.4. The zero-order valence-corrected chi connectivity index (χ0v) is 16.0. The lowest BCUT2D eigenvalue weighted by Gasteiger charge is -2.12. The first-order valence-electron chi connectivity index (χ1n) is 7.92. The molecule has 0 aliphatic heterocycles. The molecule has 0 atom stereocenters. The predicted octanol–water partition coefficient (Wildman–Crippen LogP) is 3.90. The van der Waals surface area contributed by atoms with E-state index in [-0.39, 0.29) is 21.4 Å². The van der Waals surface area contributed by atoms with Crippen LogP contribution in [0, 0.1) is 13.8 Å². The molecule has 25 heavy (non-hydrogen) atoms. The molecule has 0 aliphatic carbocycles. The highest BCUT2D eigenvalue weighted by Gasteiger charge is 2.20. The molecule has 0 unspecified atom stereocenters. The summed E-state index contributed by atoms with van der Waals surface area (Å²) < 4.78 is 27.9. The third kappa shape index (κ3) is 4.96. The summed E-state index contributed by atoms with van der Waals surface area (Å²) in [6.45, 7) is 6.23. The van der Waals surface area contributed by atoms with Crippen LogP contribution in [0.3, 0.4) is 0 Å². The van der Waals surface area contributed by atoms with Crippen LogP contribution in [0.4, 0.5) is 5.69 Å². The van der Waals surface area contributed by atoms with Crippen molar-refractivity contribution < 1.29 is 13.2 Å². The molecule has 0 saturated carbocycles. The number of benzene rings is 2. The standard InChI is InChI=1S/C18H21ClN2O3S/c1-4-7-20-18(22)14-5-6-16(19)17(11-14)25(23,24)21-15-9-12(2)8-13(3)10-15/h5-6,8-11,21H,4,7H2,1-3H3,(H,20,22). The van der Waals surface area contributed by atoms with E-state index in [1.54, 1.807) is 12.1 Å². The smallest absolute Gasteiger partial charge is 0.263 e. The van der Waals surface area contributed by atoms with Crippen LogP contribution in [0.25, 0.3) is 0 Å². The minimum absolute atomic E-state index is 0.0592. The second-order valence-electron chi connectivity index (χ2n) is 5.88. The normalized spacial score (nSPS) is 11.2. The fourth-order valence-corrected chi connectivity index (χ4v) is 4.00. The van der Waals surface area contributed by atoms with Crippen LogP contribution < -0.4 is 10.0 Å². The number of nitrogens with one attached hydrogen (secondary N) is 2. The topological polar surface area (TPSA) is 75.3 Å². The van der Waals surface area contributed by atoms with Crippen molar-refractivity contribution in [2.45, 2.75) is 32.1 Å². The van der Waals surface area contributed by atoms with Crippen molar-refractivity contribution >= 4 is 33.2 Å². The van der Waals surface area contributed by atoms with Crippen LogP contribution in [-0.4, -0.2) is 20.9 Å². The molecule has 2 aromatic rings. The van der Waals surface area contributed by atoms with Gasteiger partial charge >= 0.3 is 0 Å². The quantitative estimate of drug-likeness (QED) is 0.798. The van der Waals surface area contributed by atoms with Gasteiger partial charge in [-0.25, -0.2) is 8.42 Å². The lowest BCUT2D eigenvalue weighted by atomic mass is 10.1. The first kappa shape index (κ1) is 19.3. The highest BCUT2D eigenvalue weighted by atomic mass is 35.5. The Morgan fingerprint density at radius 1 is 1.08 bits per heavy atom. The van der Waals surface area contributed by atoms with Gasteiger partial charge < -0.3 is 5.32 Å². The SMILES string of the molecule is CCCNC(=O)c1ccc(Cl)c(S(=O)(=O)Nc2cc(C)cc(C)c2)c1. The van der Waals surface area contributed by atoms with E-state index in [2.05, 4.69) is 10.0 Å². The minimum Gasteiger partial charge on any atom is -0.352 e. The molecular formula is C18H21ClN2O3S. The summed E-state index contributed by atoms with van der Waals surface area (Å²) in [5.74, 6) is -0.332. The van der Waals surface area contributed by atoms with Gasteiger partial charge in [0.2, 0.25) is 0 Å². The maximum atomic E-state index is 12.7. The Morgan fingerprint density at radius 2 is 1.72 bits per heavy atom. The maximum absolute atomic E-state index is 12.7. The molecule has 0 aromatic heterocycles. The number of hydrogen-bond acceptors (Lipinski definition) is 3. The number of rotatable bonds is 6. The Balaban J connectivity index is 2.36. The minimum atomic E-state index is -3.92. The number of halogens is 1. The van der Waals surface area contributed by atoms with Crippen molar-refractivity contribution in [2.24, 2.45) is 0 Å². The zero-order chi connectivity index (χ0) is 18.6. The average Bonchev–Trinajstić information content (AvgIpc) is 2.51. The number of sulfonamides is 1. The van der Waals surface area contributed by atoms with Crippen molar-refractivity contribution in [1.29, 1.82) is 0 Å². The van der Waals surface area contributed by atoms with Gasteiger partial charge in [0, 0.05) is 17.8 Å². The maximum Gasteiger partial charge on any atom is 0.263 e. The first-order valence-corrected chi connectivity index (χ1v) is 9.78. The molecule has 5 nitrogen and oxygen atoms in total. The molecule has 0 radical (unpaired) electrons. The molecule has 2 aromatic carbocycles. The predicted molar refractivity (Wildman–Crippen MR) is 101 cm³/mol. The Hall–Kier alpha value is -2.05. The summed E-state index contributed by atoms with van der Waals surface area (Å²) >= 11 is 6.07. The molecule has 2 N–H and O–H groups in total. The fourth-order valence-electron chi connectivity index (χ4n) is 2.43. The lowest BCUT2D eigenvalue weighted by molar-refractivity contribution is 0.0953. The van der Waals surface area contributed by atoms with Gasteiger partial charge in [0.05, 0.1) is 5.02 Å². The van der Waals surface area contributed by atoms with E-state index < -0.39 is 10.0 Å². The number of anilines is 1. The van der Waals surface area contributed by atoms with Crippen LogP contribution in [0.2, 0.25) is 5.02 Å².